The molecular weight excluding hydrogens is 548 g/mol. The second-order valence-electron chi connectivity index (χ2n) is 9.53. The molecule has 4 aromatic rings. The van der Waals surface area contributed by atoms with E-state index in [-0.39, 0.29) is 37.6 Å². The highest BCUT2D eigenvalue weighted by Gasteiger charge is 2.32. The number of carbonyl (C=O) groups is 2. The van der Waals surface area contributed by atoms with Gasteiger partial charge >= 0.3 is 5.97 Å². The Kier molecular flexibility index (Phi) is 9.45. The van der Waals surface area contributed by atoms with Gasteiger partial charge in [0.15, 0.2) is 10.6 Å². The average molecular weight is 579 g/mol. The Bertz CT molecular complexity index is 1410. The molecule has 208 valence electrons. The molecule has 40 heavy (non-hydrogen) atoms. The van der Waals surface area contributed by atoms with Gasteiger partial charge in [-0.05, 0) is 41.8 Å². The lowest BCUT2D eigenvalue weighted by molar-refractivity contribution is -0.245. The first kappa shape index (κ1) is 28.3. The van der Waals surface area contributed by atoms with Crippen molar-refractivity contribution in [2.24, 2.45) is 0 Å². The first-order valence-electron chi connectivity index (χ1n) is 13.1. The summed E-state index contributed by atoms with van der Waals surface area (Å²) >= 11 is 3.35. The summed E-state index contributed by atoms with van der Waals surface area (Å²) in [5, 5.41) is 21.0. The van der Waals surface area contributed by atoms with E-state index < -0.39 is 12.3 Å². The minimum Gasteiger partial charge on any atom is -0.481 e. The van der Waals surface area contributed by atoms with Crippen molar-refractivity contribution in [2.45, 2.75) is 55.1 Å². The molecule has 0 saturated carbocycles. The van der Waals surface area contributed by atoms with Crippen molar-refractivity contribution in [1.29, 1.82) is 0 Å². The van der Waals surface area contributed by atoms with Crippen LogP contribution in [0, 0.1) is 0 Å². The zero-order chi connectivity index (χ0) is 27.9. The summed E-state index contributed by atoms with van der Waals surface area (Å²) in [4.78, 5) is 27.6. The third-order valence-electron chi connectivity index (χ3n) is 6.54. The number of nitrogens with zero attached hydrogens (tertiary/aromatic N) is 1. The van der Waals surface area contributed by atoms with Gasteiger partial charge in [-0.2, -0.15) is 0 Å². The predicted octanol–water partition coefficient (Wildman–Crippen LogP) is 6.32. The Labute approximate surface area is 240 Å². The predicted molar refractivity (Wildman–Crippen MR) is 155 cm³/mol. The molecule has 0 unspecified atom stereocenters. The number of carbonyl (C=O) groups excluding carboxylic acids is 1. The van der Waals surface area contributed by atoms with Crippen molar-refractivity contribution in [2.75, 3.05) is 11.1 Å². The van der Waals surface area contributed by atoms with Gasteiger partial charge in [0, 0.05) is 36.3 Å². The van der Waals surface area contributed by atoms with E-state index >= 15 is 0 Å². The van der Waals surface area contributed by atoms with Gasteiger partial charge in [-0.3, -0.25) is 9.59 Å². The summed E-state index contributed by atoms with van der Waals surface area (Å²) in [6, 6.07) is 23.2. The summed E-state index contributed by atoms with van der Waals surface area (Å²) in [5.41, 5.74) is 4.31. The Hall–Kier alpha value is -3.28. The Morgan fingerprint density at radius 1 is 0.975 bits per heavy atom. The van der Waals surface area contributed by atoms with E-state index in [0.29, 0.717) is 18.5 Å². The summed E-state index contributed by atoms with van der Waals surface area (Å²) < 4.78 is 15.0. The number of para-hydroxylation sites is 1. The number of benzene rings is 3. The lowest BCUT2D eigenvalue weighted by atomic mass is 10.0. The molecule has 1 amide bonds. The maximum atomic E-state index is 12.1. The molecule has 3 aromatic carbocycles. The van der Waals surface area contributed by atoms with Crippen LogP contribution >= 0.6 is 23.1 Å². The fourth-order valence-corrected chi connectivity index (χ4v) is 6.56. The Morgan fingerprint density at radius 3 is 2.45 bits per heavy atom. The van der Waals surface area contributed by atoms with Crippen LogP contribution < -0.4 is 5.32 Å². The first-order valence-corrected chi connectivity index (χ1v) is 14.9. The van der Waals surface area contributed by atoms with E-state index in [1.165, 1.54) is 0 Å². The molecule has 1 aliphatic rings. The second kappa shape index (κ2) is 13.4. The van der Waals surface area contributed by atoms with Gasteiger partial charge in [0.1, 0.15) is 0 Å². The van der Waals surface area contributed by atoms with Crippen molar-refractivity contribution in [3.63, 3.8) is 0 Å². The molecule has 3 N–H and O–H groups in total. The zero-order valence-corrected chi connectivity index (χ0v) is 23.3. The average Bonchev–Trinajstić information content (AvgIpc) is 3.39. The minimum absolute atomic E-state index is 0.0125. The van der Waals surface area contributed by atoms with E-state index in [1.807, 2.05) is 54.6 Å². The second-order valence-corrected chi connectivity index (χ2v) is 11.8. The molecule has 1 aromatic heterocycles. The molecule has 1 fully saturated rings. The van der Waals surface area contributed by atoms with Crippen LogP contribution in [0.5, 0.6) is 0 Å². The number of hydrogen-bond donors (Lipinski definition) is 3. The van der Waals surface area contributed by atoms with Gasteiger partial charge < -0.3 is 25.0 Å². The number of aromatic nitrogens is 1. The summed E-state index contributed by atoms with van der Waals surface area (Å²) in [6.45, 7) is -0.0125. The van der Waals surface area contributed by atoms with Crippen LogP contribution in [-0.4, -0.2) is 38.9 Å². The van der Waals surface area contributed by atoms with Crippen molar-refractivity contribution in [3.8, 4) is 0 Å². The SMILES string of the molecule is O=C(O)CCCC(=O)Nc1ccc([C@H]2O[C@@H](CSc3nc4ccccc4s3)C[C@@H](c3ccc(CO)cc3)O2)cc1. The fourth-order valence-electron chi connectivity index (χ4n) is 4.45. The van der Waals surface area contributed by atoms with Gasteiger partial charge in [0.25, 0.3) is 0 Å². The number of ether oxygens (including phenoxy) is 2. The van der Waals surface area contributed by atoms with Crippen LogP contribution in [0.1, 0.15) is 54.8 Å². The number of anilines is 1. The monoisotopic (exact) mass is 578 g/mol. The number of fused-ring (bicyclic) bond motifs is 1. The Balaban J connectivity index is 1.27. The van der Waals surface area contributed by atoms with Gasteiger partial charge in [-0.25, -0.2) is 4.98 Å². The standard InChI is InChI=1S/C30H30N2O6S2/c33-17-19-8-10-20(11-9-19)25-16-23(18-39-30-32-24-4-1-2-5-26(24)40-30)37-29(38-25)21-12-14-22(15-13-21)31-27(34)6-3-7-28(35)36/h1-2,4-5,8-15,23,25,29,33H,3,6-7,16-18H2,(H,31,34)(H,35,36)/t23-,25+,29+/m1/s1. The summed E-state index contributed by atoms with van der Waals surface area (Å²) in [7, 11) is 0. The lowest BCUT2D eigenvalue weighted by Gasteiger charge is -2.36. The zero-order valence-electron chi connectivity index (χ0n) is 21.7. The van der Waals surface area contributed by atoms with Gasteiger partial charge in [0.2, 0.25) is 5.91 Å². The summed E-state index contributed by atoms with van der Waals surface area (Å²) in [5.74, 6) is -0.420. The van der Waals surface area contributed by atoms with Gasteiger partial charge in [-0.15, -0.1) is 11.3 Å². The van der Waals surface area contributed by atoms with E-state index in [1.54, 1.807) is 35.2 Å². The number of nitrogens with one attached hydrogen (secondary N) is 1. The number of aliphatic carboxylic acids is 1. The highest BCUT2D eigenvalue weighted by atomic mass is 32.2. The number of aliphatic hydroxyl groups excluding tert-OH is 1. The van der Waals surface area contributed by atoms with Gasteiger partial charge in [0.05, 0.1) is 29.0 Å². The Morgan fingerprint density at radius 2 is 1.73 bits per heavy atom. The number of hydrogen-bond acceptors (Lipinski definition) is 8. The smallest absolute Gasteiger partial charge is 0.303 e. The van der Waals surface area contributed by atoms with E-state index in [9.17, 15) is 14.7 Å². The number of amides is 1. The molecule has 0 spiro atoms. The third kappa shape index (κ3) is 7.47. The minimum atomic E-state index is -0.913. The topological polar surface area (TPSA) is 118 Å². The molecule has 10 heteroatoms. The number of carboxylic acids is 1. The molecule has 5 rings (SSSR count). The van der Waals surface area contributed by atoms with Crippen molar-refractivity contribution >= 4 is 50.9 Å². The van der Waals surface area contributed by atoms with Crippen LogP contribution in [0.3, 0.4) is 0 Å². The van der Waals surface area contributed by atoms with Crippen LogP contribution in [0.2, 0.25) is 0 Å². The first-order chi connectivity index (χ1) is 19.5. The molecule has 0 radical (unpaired) electrons. The molecule has 0 bridgehead atoms. The number of thiazole rings is 1. The number of carboxylic acid groups (broad SMARTS) is 1. The largest absolute Gasteiger partial charge is 0.481 e. The van der Waals surface area contributed by atoms with Crippen LogP contribution in [0.25, 0.3) is 10.2 Å². The molecule has 3 atom stereocenters. The van der Waals surface area contributed by atoms with Crippen molar-refractivity contribution in [3.05, 3.63) is 89.5 Å². The van der Waals surface area contributed by atoms with Crippen LogP contribution in [0.15, 0.2) is 77.1 Å². The van der Waals surface area contributed by atoms with E-state index in [2.05, 4.69) is 11.4 Å². The van der Waals surface area contributed by atoms with Crippen molar-refractivity contribution in [1.82, 2.24) is 4.98 Å². The number of thioether (sulfide) groups is 1. The lowest BCUT2D eigenvalue weighted by Crippen LogP contribution is -2.31. The number of aliphatic hydroxyl groups is 1. The maximum Gasteiger partial charge on any atom is 0.303 e. The van der Waals surface area contributed by atoms with E-state index in [0.717, 1.165) is 37.0 Å². The number of rotatable bonds is 11. The molecule has 1 saturated heterocycles. The molecule has 8 nitrogen and oxygen atoms in total. The quantitative estimate of drug-likeness (QED) is 0.177. The highest BCUT2D eigenvalue weighted by Crippen LogP contribution is 2.40. The van der Waals surface area contributed by atoms with Crippen molar-refractivity contribution < 1.29 is 29.3 Å². The molecular formula is C30H30N2O6S2. The third-order valence-corrected chi connectivity index (χ3v) is 8.85. The molecule has 1 aliphatic heterocycles. The highest BCUT2D eigenvalue weighted by molar-refractivity contribution is 8.01. The van der Waals surface area contributed by atoms with Crippen LogP contribution in [-0.2, 0) is 25.7 Å². The maximum absolute atomic E-state index is 12.1. The normalized spacial score (nSPS) is 19.0. The molecule has 0 aliphatic carbocycles. The van der Waals surface area contributed by atoms with Crippen LogP contribution in [0.4, 0.5) is 5.69 Å². The molecule has 2 heterocycles. The summed E-state index contributed by atoms with van der Waals surface area (Å²) in [6.07, 6.45) is 0.196. The van der Waals surface area contributed by atoms with Gasteiger partial charge in [-0.1, -0.05) is 60.3 Å². The van der Waals surface area contributed by atoms with E-state index in [4.69, 9.17) is 19.6 Å². The fraction of sp³-hybridized carbons (Fsp3) is 0.300.